The first kappa shape index (κ1) is 17.4. The van der Waals surface area contributed by atoms with Crippen LogP contribution in [0.15, 0.2) is 18.2 Å². The molecule has 0 spiro atoms. The van der Waals surface area contributed by atoms with Gasteiger partial charge in [-0.2, -0.15) is 0 Å². The highest BCUT2D eigenvalue weighted by Gasteiger charge is 2.27. The van der Waals surface area contributed by atoms with Crippen molar-refractivity contribution >= 4 is 11.8 Å². The molecule has 128 valence electrons. The normalized spacial score (nSPS) is 18.5. The van der Waals surface area contributed by atoms with Crippen LogP contribution in [0.25, 0.3) is 0 Å². The SMILES string of the molecule is COc1cc(C)ccc1NC1CCCN(C(=O)OC(C)(C)C)C1. The van der Waals surface area contributed by atoms with Gasteiger partial charge in [0.05, 0.1) is 12.8 Å². The molecular weight excluding hydrogens is 292 g/mol. The van der Waals surface area contributed by atoms with Crippen molar-refractivity contribution in [2.75, 3.05) is 25.5 Å². The van der Waals surface area contributed by atoms with Crippen molar-refractivity contribution in [1.82, 2.24) is 4.90 Å². The maximum Gasteiger partial charge on any atom is 0.410 e. The van der Waals surface area contributed by atoms with E-state index in [-0.39, 0.29) is 12.1 Å². The minimum Gasteiger partial charge on any atom is -0.495 e. The molecule has 5 heteroatoms. The lowest BCUT2D eigenvalue weighted by Gasteiger charge is -2.35. The van der Waals surface area contributed by atoms with Crippen LogP contribution in [0.4, 0.5) is 10.5 Å². The number of hydrogen-bond acceptors (Lipinski definition) is 4. The molecule has 1 aliphatic heterocycles. The third-order valence-corrected chi connectivity index (χ3v) is 3.79. The molecule has 5 nitrogen and oxygen atoms in total. The van der Waals surface area contributed by atoms with E-state index < -0.39 is 5.60 Å². The monoisotopic (exact) mass is 320 g/mol. The summed E-state index contributed by atoms with van der Waals surface area (Å²) in [5, 5.41) is 3.50. The Bertz CT molecular complexity index is 552. The van der Waals surface area contributed by atoms with Gasteiger partial charge in [0.25, 0.3) is 0 Å². The lowest BCUT2D eigenvalue weighted by atomic mass is 10.1. The molecule has 23 heavy (non-hydrogen) atoms. The van der Waals surface area contributed by atoms with E-state index in [1.165, 1.54) is 0 Å². The Balaban J connectivity index is 2.00. The third-order valence-electron chi connectivity index (χ3n) is 3.79. The molecule has 1 N–H and O–H groups in total. The van der Waals surface area contributed by atoms with Crippen molar-refractivity contribution in [1.29, 1.82) is 0 Å². The first-order valence-electron chi connectivity index (χ1n) is 8.17. The Hall–Kier alpha value is -1.91. The number of carbonyl (C=O) groups is 1. The molecule has 1 amide bonds. The molecule has 1 aliphatic rings. The Kier molecular flexibility index (Phi) is 5.39. The van der Waals surface area contributed by atoms with E-state index >= 15 is 0 Å². The molecule has 0 aliphatic carbocycles. The van der Waals surface area contributed by atoms with E-state index in [0.717, 1.165) is 36.4 Å². The van der Waals surface area contributed by atoms with E-state index in [9.17, 15) is 4.79 Å². The summed E-state index contributed by atoms with van der Waals surface area (Å²) in [4.78, 5) is 14.0. The van der Waals surface area contributed by atoms with Crippen LogP contribution >= 0.6 is 0 Å². The van der Waals surface area contributed by atoms with Gasteiger partial charge in [-0.3, -0.25) is 0 Å². The second-order valence-corrected chi connectivity index (χ2v) is 7.11. The topological polar surface area (TPSA) is 50.8 Å². The highest BCUT2D eigenvalue weighted by Crippen LogP contribution is 2.27. The van der Waals surface area contributed by atoms with Gasteiger partial charge < -0.3 is 19.7 Å². The molecule has 1 aromatic rings. The van der Waals surface area contributed by atoms with Crippen LogP contribution in [-0.4, -0.2) is 42.8 Å². The molecule has 2 rings (SSSR count). The summed E-state index contributed by atoms with van der Waals surface area (Å²) in [6.45, 7) is 9.10. The Morgan fingerprint density at radius 1 is 1.35 bits per heavy atom. The number of rotatable bonds is 3. The molecule has 1 atom stereocenters. The number of aryl methyl sites for hydroxylation is 1. The summed E-state index contributed by atoms with van der Waals surface area (Å²) in [5.74, 6) is 0.833. The summed E-state index contributed by atoms with van der Waals surface area (Å²) in [7, 11) is 1.67. The number of nitrogens with one attached hydrogen (secondary N) is 1. The number of likely N-dealkylation sites (tertiary alicyclic amines) is 1. The van der Waals surface area contributed by atoms with Gasteiger partial charge in [0.15, 0.2) is 0 Å². The molecule has 1 saturated heterocycles. The second kappa shape index (κ2) is 7.11. The first-order valence-corrected chi connectivity index (χ1v) is 8.17. The number of hydrogen-bond donors (Lipinski definition) is 1. The summed E-state index contributed by atoms with van der Waals surface area (Å²) in [5.41, 5.74) is 1.66. The third kappa shape index (κ3) is 5.05. The zero-order valence-electron chi connectivity index (χ0n) is 14.8. The van der Waals surface area contributed by atoms with E-state index in [2.05, 4.69) is 11.4 Å². The Labute approximate surface area is 139 Å². The highest BCUT2D eigenvalue weighted by molar-refractivity contribution is 5.68. The second-order valence-electron chi connectivity index (χ2n) is 7.11. The summed E-state index contributed by atoms with van der Waals surface area (Å²) in [6, 6.07) is 6.30. The maximum atomic E-state index is 12.2. The van der Waals surface area contributed by atoms with Crippen LogP contribution in [0.3, 0.4) is 0 Å². The zero-order chi connectivity index (χ0) is 17.0. The van der Waals surface area contributed by atoms with Gasteiger partial charge in [-0.25, -0.2) is 4.79 Å². The van der Waals surface area contributed by atoms with Gasteiger partial charge in [-0.15, -0.1) is 0 Å². The van der Waals surface area contributed by atoms with Gasteiger partial charge in [0.2, 0.25) is 0 Å². The van der Waals surface area contributed by atoms with E-state index in [1.807, 2.05) is 39.8 Å². The van der Waals surface area contributed by atoms with Crippen molar-refractivity contribution in [2.45, 2.75) is 52.2 Å². The summed E-state index contributed by atoms with van der Waals surface area (Å²) >= 11 is 0. The summed E-state index contributed by atoms with van der Waals surface area (Å²) in [6.07, 6.45) is 1.75. The minimum atomic E-state index is -0.461. The van der Waals surface area contributed by atoms with Crippen molar-refractivity contribution in [3.8, 4) is 5.75 Å². The van der Waals surface area contributed by atoms with Gasteiger partial charge >= 0.3 is 6.09 Å². The standard InChI is InChI=1S/C18H28N2O3/c1-13-8-9-15(16(11-13)22-5)19-14-7-6-10-20(12-14)17(21)23-18(2,3)4/h8-9,11,14,19H,6-7,10,12H2,1-5H3. The van der Waals surface area contributed by atoms with Crippen LogP contribution in [0.5, 0.6) is 5.75 Å². The molecule has 1 fully saturated rings. The van der Waals surface area contributed by atoms with Crippen molar-refractivity contribution in [2.24, 2.45) is 0 Å². The van der Waals surface area contributed by atoms with Gasteiger partial charge in [0, 0.05) is 19.1 Å². The van der Waals surface area contributed by atoms with Gasteiger partial charge in [-0.05, 0) is 58.2 Å². The summed E-state index contributed by atoms with van der Waals surface area (Å²) < 4.78 is 10.9. The number of methoxy groups -OCH3 is 1. The predicted molar refractivity (Wildman–Crippen MR) is 92.2 cm³/mol. The number of benzene rings is 1. The molecule has 0 aromatic heterocycles. The van der Waals surface area contributed by atoms with Crippen molar-refractivity contribution in [3.63, 3.8) is 0 Å². The van der Waals surface area contributed by atoms with Crippen molar-refractivity contribution in [3.05, 3.63) is 23.8 Å². The largest absolute Gasteiger partial charge is 0.495 e. The predicted octanol–water partition coefficient (Wildman–Crippen LogP) is 3.82. The number of piperidine rings is 1. The molecule has 1 aromatic carbocycles. The fourth-order valence-corrected chi connectivity index (χ4v) is 2.72. The smallest absolute Gasteiger partial charge is 0.410 e. The number of amides is 1. The first-order chi connectivity index (χ1) is 10.8. The number of carbonyl (C=O) groups excluding carboxylic acids is 1. The molecule has 0 bridgehead atoms. The van der Waals surface area contributed by atoms with E-state index in [1.54, 1.807) is 12.0 Å². The molecular formula is C18H28N2O3. The van der Waals surface area contributed by atoms with Gasteiger partial charge in [0.1, 0.15) is 11.4 Å². The molecule has 1 heterocycles. The van der Waals surface area contributed by atoms with E-state index in [0.29, 0.717) is 6.54 Å². The van der Waals surface area contributed by atoms with Gasteiger partial charge in [-0.1, -0.05) is 6.07 Å². The maximum absolute atomic E-state index is 12.2. The van der Waals surface area contributed by atoms with Crippen LogP contribution < -0.4 is 10.1 Å². The van der Waals surface area contributed by atoms with Crippen LogP contribution in [0.1, 0.15) is 39.2 Å². The lowest BCUT2D eigenvalue weighted by molar-refractivity contribution is 0.0206. The average molecular weight is 320 g/mol. The molecule has 1 unspecified atom stereocenters. The Morgan fingerprint density at radius 2 is 2.09 bits per heavy atom. The van der Waals surface area contributed by atoms with Crippen LogP contribution in [-0.2, 0) is 4.74 Å². The fraction of sp³-hybridized carbons (Fsp3) is 0.611. The molecule has 0 radical (unpaired) electrons. The highest BCUT2D eigenvalue weighted by atomic mass is 16.6. The fourth-order valence-electron chi connectivity index (χ4n) is 2.72. The van der Waals surface area contributed by atoms with E-state index in [4.69, 9.17) is 9.47 Å². The van der Waals surface area contributed by atoms with Crippen molar-refractivity contribution < 1.29 is 14.3 Å². The number of anilines is 1. The minimum absolute atomic E-state index is 0.202. The Morgan fingerprint density at radius 3 is 2.74 bits per heavy atom. The zero-order valence-corrected chi connectivity index (χ0v) is 14.8. The lowest BCUT2D eigenvalue weighted by Crippen LogP contribution is -2.47. The average Bonchev–Trinajstić information content (AvgIpc) is 2.47. The molecule has 0 saturated carbocycles. The number of ether oxygens (including phenoxy) is 2. The number of nitrogens with zero attached hydrogens (tertiary/aromatic N) is 1. The van der Waals surface area contributed by atoms with Crippen LogP contribution in [0.2, 0.25) is 0 Å². The van der Waals surface area contributed by atoms with Crippen LogP contribution in [0, 0.1) is 6.92 Å². The quantitative estimate of drug-likeness (QED) is 0.920.